The molecular weight excluding hydrogens is 439 g/mol. The molecule has 1 aromatic heterocycles. The maximum Gasteiger partial charge on any atom is 0.301 e. The molecule has 2 heterocycles. The molecule has 1 fully saturated rings. The van der Waals surface area contributed by atoms with Crippen molar-refractivity contribution in [1.29, 1.82) is 0 Å². The third-order valence-corrected chi connectivity index (χ3v) is 6.95. The number of benzene rings is 2. The maximum atomic E-state index is 13.4. The number of hydrogen-bond donors (Lipinski definition) is 1. The van der Waals surface area contributed by atoms with Gasteiger partial charge in [-0.2, -0.15) is 0 Å². The minimum Gasteiger partial charge on any atom is -0.507 e. The number of aryl methyl sites for hydroxylation is 2. The van der Waals surface area contributed by atoms with Gasteiger partial charge in [0.25, 0.3) is 5.78 Å². The van der Waals surface area contributed by atoms with E-state index in [1.54, 1.807) is 0 Å². The summed E-state index contributed by atoms with van der Waals surface area (Å²) in [6, 6.07) is 12.0. The van der Waals surface area contributed by atoms with Crippen molar-refractivity contribution in [2.24, 2.45) is 0 Å². The van der Waals surface area contributed by atoms with E-state index in [9.17, 15) is 19.1 Å². The fraction of sp³-hybridized carbons (Fsp3) is 0.269. The molecule has 0 aliphatic carbocycles. The highest BCUT2D eigenvalue weighted by molar-refractivity contribution is 7.16. The predicted molar refractivity (Wildman–Crippen MR) is 128 cm³/mol. The first kappa shape index (κ1) is 22.9. The zero-order valence-corrected chi connectivity index (χ0v) is 20.0. The number of nitrogens with zero attached hydrogens (tertiary/aromatic N) is 2. The van der Waals surface area contributed by atoms with Crippen LogP contribution in [0.25, 0.3) is 5.76 Å². The van der Waals surface area contributed by atoms with Gasteiger partial charge in [-0.3, -0.25) is 14.5 Å². The lowest BCUT2D eigenvalue weighted by Crippen LogP contribution is -2.29. The topological polar surface area (TPSA) is 70.5 Å². The summed E-state index contributed by atoms with van der Waals surface area (Å²) in [4.78, 5) is 33.1. The van der Waals surface area contributed by atoms with Crippen LogP contribution in [0.4, 0.5) is 9.52 Å². The van der Waals surface area contributed by atoms with Crippen molar-refractivity contribution in [2.45, 2.75) is 46.1 Å². The molecule has 3 aromatic rings. The lowest BCUT2D eigenvalue weighted by atomic mass is 9.85. The van der Waals surface area contributed by atoms with Crippen molar-refractivity contribution in [3.8, 4) is 0 Å². The third kappa shape index (κ3) is 4.09. The Hall–Kier alpha value is -3.32. The van der Waals surface area contributed by atoms with E-state index in [1.165, 1.54) is 40.5 Å². The van der Waals surface area contributed by atoms with Crippen LogP contribution in [0.1, 0.15) is 54.1 Å². The average molecular weight is 465 g/mol. The SMILES string of the molecule is Cc1nc(N2C(=O)C(=O)C(=C(O)c3ccc(F)cc3)C2c2ccc(C(C)(C)C)cc2)sc1C. The number of thiazole rings is 1. The van der Waals surface area contributed by atoms with Gasteiger partial charge in [-0.1, -0.05) is 45.0 Å². The van der Waals surface area contributed by atoms with Crippen LogP contribution in [-0.4, -0.2) is 21.8 Å². The molecule has 0 saturated carbocycles. The van der Waals surface area contributed by atoms with Gasteiger partial charge < -0.3 is 5.11 Å². The second-order valence-corrected chi connectivity index (χ2v) is 10.4. The number of amides is 1. The summed E-state index contributed by atoms with van der Waals surface area (Å²) >= 11 is 1.32. The van der Waals surface area contributed by atoms with Crippen molar-refractivity contribution >= 4 is 33.9 Å². The Bertz CT molecular complexity index is 1250. The van der Waals surface area contributed by atoms with Gasteiger partial charge >= 0.3 is 5.91 Å². The van der Waals surface area contributed by atoms with Gasteiger partial charge in [-0.15, -0.1) is 11.3 Å². The van der Waals surface area contributed by atoms with Gasteiger partial charge in [0.15, 0.2) is 5.13 Å². The number of hydrogen-bond acceptors (Lipinski definition) is 5. The van der Waals surface area contributed by atoms with E-state index in [4.69, 9.17) is 0 Å². The fourth-order valence-electron chi connectivity index (χ4n) is 3.83. The second kappa shape index (κ2) is 8.23. The van der Waals surface area contributed by atoms with Crippen LogP contribution in [0.15, 0.2) is 54.1 Å². The van der Waals surface area contributed by atoms with E-state index in [0.717, 1.165) is 16.1 Å². The van der Waals surface area contributed by atoms with Crippen molar-refractivity contribution < 1.29 is 19.1 Å². The van der Waals surface area contributed by atoms with Crippen LogP contribution in [0.2, 0.25) is 0 Å². The first-order chi connectivity index (χ1) is 15.5. The molecule has 33 heavy (non-hydrogen) atoms. The van der Waals surface area contributed by atoms with Gasteiger partial charge in [-0.05, 0) is 54.7 Å². The molecule has 1 aliphatic heterocycles. The van der Waals surface area contributed by atoms with E-state index in [1.807, 2.05) is 38.1 Å². The third-order valence-electron chi connectivity index (χ3n) is 5.88. The highest BCUT2D eigenvalue weighted by Gasteiger charge is 2.48. The molecule has 1 N–H and O–H groups in total. The molecular formula is C26H25FN2O3S. The Morgan fingerprint density at radius 1 is 1.03 bits per heavy atom. The summed E-state index contributed by atoms with van der Waals surface area (Å²) < 4.78 is 13.4. The van der Waals surface area contributed by atoms with Crippen LogP contribution in [0.3, 0.4) is 0 Å². The molecule has 5 nitrogen and oxygen atoms in total. The quantitative estimate of drug-likeness (QED) is 0.301. The lowest BCUT2D eigenvalue weighted by Gasteiger charge is -2.24. The van der Waals surface area contributed by atoms with Crippen LogP contribution < -0.4 is 4.90 Å². The fourth-order valence-corrected chi connectivity index (χ4v) is 4.77. The summed E-state index contributed by atoms with van der Waals surface area (Å²) in [6.45, 7) is 10.0. The molecule has 1 atom stereocenters. The molecule has 170 valence electrons. The smallest absolute Gasteiger partial charge is 0.301 e. The Labute approximate surface area is 196 Å². The van der Waals surface area contributed by atoms with Crippen LogP contribution in [0.5, 0.6) is 0 Å². The van der Waals surface area contributed by atoms with E-state index < -0.39 is 23.5 Å². The summed E-state index contributed by atoms with van der Waals surface area (Å²) in [5.41, 5.74) is 2.70. The van der Waals surface area contributed by atoms with Crippen LogP contribution >= 0.6 is 11.3 Å². The Morgan fingerprint density at radius 3 is 2.15 bits per heavy atom. The molecule has 1 unspecified atom stereocenters. The van der Waals surface area contributed by atoms with E-state index >= 15 is 0 Å². The Balaban J connectivity index is 1.92. The molecule has 1 saturated heterocycles. The van der Waals surface area contributed by atoms with Crippen molar-refractivity contribution in [1.82, 2.24) is 4.98 Å². The lowest BCUT2D eigenvalue weighted by molar-refractivity contribution is -0.132. The van der Waals surface area contributed by atoms with Gasteiger partial charge in [0.05, 0.1) is 17.3 Å². The summed E-state index contributed by atoms with van der Waals surface area (Å²) in [7, 11) is 0. The number of aromatic nitrogens is 1. The van der Waals surface area contributed by atoms with E-state index in [0.29, 0.717) is 10.7 Å². The number of aliphatic hydroxyl groups is 1. The zero-order valence-electron chi connectivity index (χ0n) is 19.1. The number of carbonyl (C=O) groups is 2. The second-order valence-electron chi connectivity index (χ2n) is 9.19. The van der Waals surface area contributed by atoms with E-state index in [-0.39, 0.29) is 22.3 Å². The number of aliphatic hydroxyl groups excluding tert-OH is 1. The number of Topliss-reactive ketones (excluding diaryl/α,β-unsaturated/α-hetero) is 1. The number of carbonyl (C=O) groups excluding carboxylic acids is 2. The van der Waals surface area contributed by atoms with E-state index in [2.05, 4.69) is 25.8 Å². The molecule has 7 heteroatoms. The monoisotopic (exact) mass is 464 g/mol. The molecule has 1 aliphatic rings. The van der Waals surface area contributed by atoms with Crippen LogP contribution in [-0.2, 0) is 15.0 Å². The van der Waals surface area contributed by atoms with Gasteiger partial charge in [-0.25, -0.2) is 9.37 Å². The maximum absolute atomic E-state index is 13.4. The molecule has 0 spiro atoms. The van der Waals surface area contributed by atoms with Crippen molar-refractivity contribution in [3.05, 3.63) is 87.2 Å². The molecule has 2 aromatic carbocycles. The number of rotatable bonds is 3. The minimum atomic E-state index is -0.853. The predicted octanol–water partition coefficient (Wildman–Crippen LogP) is 5.82. The Kier molecular flexibility index (Phi) is 5.70. The first-order valence-electron chi connectivity index (χ1n) is 10.6. The summed E-state index contributed by atoms with van der Waals surface area (Å²) in [6.07, 6.45) is 0. The molecule has 0 radical (unpaired) electrons. The highest BCUT2D eigenvalue weighted by atomic mass is 32.1. The number of ketones is 1. The summed E-state index contributed by atoms with van der Waals surface area (Å²) in [5, 5.41) is 11.5. The van der Waals surface area contributed by atoms with Gasteiger partial charge in [0.1, 0.15) is 11.6 Å². The first-order valence-corrected chi connectivity index (χ1v) is 11.4. The molecule has 4 rings (SSSR count). The van der Waals surface area contributed by atoms with Gasteiger partial charge in [0, 0.05) is 10.4 Å². The number of halogens is 1. The normalized spacial score (nSPS) is 18.2. The van der Waals surface area contributed by atoms with Crippen molar-refractivity contribution in [2.75, 3.05) is 4.90 Å². The summed E-state index contributed by atoms with van der Waals surface area (Å²) in [5.74, 6) is -2.36. The largest absolute Gasteiger partial charge is 0.507 e. The van der Waals surface area contributed by atoms with Crippen LogP contribution in [0, 0.1) is 19.7 Å². The zero-order chi connectivity index (χ0) is 24.1. The molecule has 0 bridgehead atoms. The molecule has 1 amide bonds. The standard InChI is InChI=1S/C26H25FN2O3S/c1-14-15(2)33-25(28-14)29-21(16-6-10-18(11-7-16)26(3,4)5)20(23(31)24(29)32)22(30)17-8-12-19(27)13-9-17/h6-13,21,30H,1-5H3. The average Bonchev–Trinajstić information content (AvgIpc) is 3.23. The van der Waals surface area contributed by atoms with Crippen molar-refractivity contribution in [3.63, 3.8) is 0 Å². The van der Waals surface area contributed by atoms with Gasteiger partial charge in [0.2, 0.25) is 0 Å². The minimum absolute atomic E-state index is 0.0411. The number of anilines is 1. The Morgan fingerprint density at radius 2 is 1.64 bits per heavy atom. The highest BCUT2D eigenvalue weighted by Crippen LogP contribution is 2.44.